The molecule has 1 aliphatic heterocycles. The molecule has 1 amide bonds. The maximum atomic E-state index is 13.4. The molecular weight excluding hydrogens is 418 g/mol. The number of nitrogens with zero attached hydrogens (tertiary/aromatic N) is 2. The Kier molecular flexibility index (Phi) is 6.79. The molecule has 172 valence electrons. The molecular formula is C26H29N3O4. The maximum Gasteiger partial charge on any atom is 0.337 e. The summed E-state index contributed by atoms with van der Waals surface area (Å²) in [5, 5.41) is 4.97. The lowest BCUT2D eigenvalue weighted by Gasteiger charge is -2.36. The van der Waals surface area contributed by atoms with Gasteiger partial charge in [-0.3, -0.25) is 4.79 Å². The maximum absolute atomic E-state index is 13.4. The third-order valence-electron chi connectivity index (χ3n) is 6.14. The van der Waals surface area contributed by atoms with Crippen LogP contribution in [-0.2, 0) is 4.74 Å². The molecule has 0 aromatic heterocycles. The Hall–Kier alpha value is -3.58. The molecule has 0 atom stereocenters. The molecule has 0 radical (unpaired) electrons. The van der Waals surface area contributed by atoms with Crippen molar-refractivity contribution in [2.45, 2.75) is 6.92 Å². The third kappa shape index (κ3) is 4.78. The van der Waals surface area contributed by atoms with Gasteiger partial charge in [0.25, 0.3) is 5.91 Å². The Balaban J connectivity index is 1.69. The standard InChI is InChI=1S/C26H29N3O4/c1-4-28-11-13-29(14-12-28)23-10-9-20(26(31)33-3)16-22(23)27-25(30)21-15-18-7-5-6-8-19(18)17-24(21)32-2/h5-10,15-17H,4,11-14H2,1-3H3,(H,27,30). The van der Waals surface area contributed by atoms with Gasteiger partial charge >= 0.3 is 5.97 Å². The normalized spacial score (nSPS) is 14.2. The van der Waals surface area contributed by atoms with Crippen LogP contribution in [0.1, 0.15) is 27.6 Å². The van der Waals surface area contributed by atoms with Crippen molar-refractivity contribution in [3.05, 3.63) is 65.7 Å². The molecule has 7 heteroatoms. The van der Waals surface area contributed by atoms with Crippen LogP contribution in [0.5, 0.6) is 5.75 Å². The minimum Gasteiger partial charge on any atom is -0.496 e. The Morgan fingerprint density at radius 1 is 0.939 bits per heavy atom. The molecule has 1 heterocycles. The number of carbonyl (C=O) groups excluding carboxylic acids is 2. The first kappa shape index (κ1) is 22.6. The number of piperazine rings is 1. The summed E-state index contributed by atoms with van der Waals surface area (Å²) in [5.41, 5.74) is 2.27. The monoisotopic (exact) mass is 447 g/mol. The van der Waals surface area contributed by atoms with Crippen LogP contribution in [-0.4, -0.2) is 63.7 Å². The number of likely N-dealkylation sites (N-methyl/N-ethyl adjacent to an activating group) is 1. The summed E-state index contributed by atoms with van der Waals surface area (Å²) in [7, 11) is 2.90. The number of benzene rings is 3. The van der Waals surface area contributed by atoms with E-state index in [2.05, 4.69) is 22.0 Å². The smallest absolute Gasteiger partial charge is 0.337 e. The van der Waals surface area contributed by atoms with Gasteiger partial charge in [-0.25, -0.2) is 4.79 Å². The zero-order valence-electron chi connectivity index (χ0n) is 19.3. The lowest BCUT2D eigenvalue weighted by molar-refractivity contribution is 0.0600. The summed E-state index contributed by atoms with van der Waals surface area (Å²) in [6.07, 6.45) is 0. The Bertz CT molecular complexity index is 1170. The van der Waals surface area contributed by atoms with Crippen molar-refractivity contribution < 1.29 is 19.1 Å². The van der Waals surface area contributed by atoms with Crippen molar-refractivity contribution in [3.63, 3.8) is 0 Å². The van der Waals surface area contributed by atoms with Crippen LogP contribution in [0.15, 0.2) is 54.6 Å². The van der Waals surface area contributed by atoms with Gasteiger partial charge in [-0.15, -0.1) is 0 Å². The molecule has 4 rings (SSSR count). The predicted molar refractivity (Wildman–Crippen MR) is 131 cm³/mol. The highest BCUT2D eigenvalue weighted by Crippen LogP contribution is 2.31. The van der Waals surface area contributed by atoms with Gasteiger partial charge in [0.1, 0.15) is 5.75 Å². The number of fused-ring (bicyclic) bond motifs is 1. The fourth-order valence-electron chi connectivity index (χ4n) is 4.22. The zero-order valence-corrected chi connectivity index (χ0v) is 19.3. The lowest BCUT2D eigenvalue weighted by Crippen LogP contribution is -2.46. The number of rotatable bonds is 6. The van der Waals surface area contributed by atoms with Crippen molar-refractivity contribution in [2.24, 2.45) is 0 Å². The molecule has 0 aliphatic carbocycles. The van der Waals surface area contributed by atoms with E-state index in [-0.39, 0.29) is 5.91 Å². The van der Waals surface area contributed by atoms with Crippen LogP contribution in [0, 0.1) is 0 Å². The summed E-state index contributed by atoms with van der Waals surface area (Å²) < 4.78 is 10.4. The van der Waals surface area contributed by atoms with Gasteiger partial charge in [0.05, 0.1) is 36.7 Å². The molecule has 3 aromatic carbocycles. The summed E-state index contributed by atoms with van der Waals surface area (Å²) in [6, 6.07) is 16.8. The van der Waals surface area contributed by atoms with Gasteiger partial charge < -0.3 is 24.6 Å². The average molecular weight is 448 g/mol. The third-order valence-corrected chi connectivity index (χ3v) is 6.14. The van der Waals surface area contributed by atoms with Crippen molar-refractivity contribution in [2.75, 3.05) is 57.2 Å². The largest absolute Gasteiger partial charge is 0.496 e. The van der Waals surface area contributed by atoms with Crippen LogP contribution in [0.3, 0.4) is 0 Å². The van der Waals surface area contributed by atoms with Gasteiger partial charge in [-0.2, -0.15) is 0 Å². The molecule has 7 nitrogen and oxygen atoms in total. The highest BCUT2D eigenvalue weighted by atomic mass is 16.5. The molecule has 0 saturated carbocycles. The first-order valence-electron chi connectivity index (χ1n) is 11.1. The van der Waals surface area contributed by atoms with E-state index < -0.39 is 5.97 Å². The van der Waals surface area contributed by atoms with Gasteiger partial charge in [0, 0.05) is 26.2 Å². The topological polar surface area (TPSA) is 71.1 Å². The molecule has 1 aliphatic rings. The van der Waals surface area contributed by atoms with Crippen LogP contribution < -0.4 is 15.0 Å². The number of ether oxygens (including phenoxy) is 2. The summed E-state index contributed by atoms with van der Waals surface area (Å²) >= 11 is 0. The highest BCUT2D eigenvalue weighted by molar-refractivity contribution is 6.10. The van der Waals surface area contributed by atoms with Gasteiger partial charge in [0.2, 0.25) is 0 Å². The Morgan fingerprint density at radius 2 is 1.64 bits per heavy atom. The first-order valence-corrected chi connectivity index (χ1v) is 11.1. The summed E-state index contributed by atoms with van der Waals surface area (Å²) in [4.78, 5) is 30.2. The molecule has 0 bridgehead atoms. The zero-order chi connectivity index (χ0) is 23.4. The minimum atomic E-state index is -0.448. The van der Waals surface area contributed by atoms with Crippen molar-refractivity contribution in [3.8, 4) is 5.75 Å². The fourth-order valence-corrected chi connectivity index (χ4v) is 4.22. The number of methoxy groups -OCH3 is 2. The molecule has 0 unspecified atom stereocenters. The van der Waals surface area contributed by atoms with Crippen LogP contribution in [0.25, 0.3) is 10.8 Å². The minimum absolute atomic E-state index is 0.298. The van der Waals surface area contributed by atoms with Gasteiger partial charge in [-0.1, -0.05) is 31.2 Å². The van der Waals surface area contributed by atoms with E-state index in [9.17, 15) is 9.59 Å². The quantitative estimate of drug-likeness (QED) is 0.576. The number of amides is 1. The fraction of sp³-hybridized carbons (Fsp3) is 0.308. The number of anilines is 2. The van der Waals surface area contributed by atoms with Crippen LogP contribution in [0.2, 0.25) is 0 Å². The number of hydrogen-bond donors (Lipinski definition) is 1. The molecule has 3 aromatic rings. The second-order valence-electron chi connectivity index (χ2n) is 8.00. The highest BCUT2D eigenvalue weighted by Gasteiger charge is 2.22. The van der Waals surface area contributed by atoms with E-state index >= 15 is 0 Å². The van der Waals surface area contributed by atoms with Crippen molar-refractivity contribution >= 4 is 34.0 Å². The van der Waals surface area contributed by atoms with Crippen LogP contribution >= 0.6 is 0 Å². The van der Waals surface area contributed by atoms with Gasteiger partial charge in [0.15, 0.2) is 0 Å². The summed E-state index contributed by atoms with van der Waals surface area (Å²) in [5.74, 6) is -0.252. The Morgan fingerprint density at radius 3 is 2.27 bits per heavy atom. The van der Waals surface area contributed by atoms with Crippen LogP contribution in [0.4, 0.5) is 11.4 Å². The second kappa shape index (κ2) is 9.92. The molecule has 1 fully saturated rings. The second-order valence-corrected chi connectivity index (χ2v) is 8.00. The summed E-state index contributed by atoms with van der Waals surface area (Å²) in [6.45, 7) is 6.74. The van der Waals surface area contributed by atoms with Crippen molar-refractivity contribution in [1.29, 1.82) is 0 Å². The molecule has 1 N–H and O–H groups in total. The Labute approximate surface area is 193 Å². The van der Waals surface area contributed by atoms with Gasteiger partial charge in [-0.05, 0) is 47.6 Å². The van der Waals surface area contributed by atoms with E-state index in [1.165, 1.54) is 7.11 Å². The van der Waals surface area contributed by atoms with E-state index in [1.807, 2.05) is 42.5 Å². The number of nitrogens with one attached hydrogen (secondary N) is 1. The number of carbonyl (C=O) groups is 2. The van der Waals surface area contributed by atoms with E-state index in [1.54, 1.807) is 19.2 Å². The van der Waals surface area contributed by atoms with Crippen molar-refractivity contribution in [1.82, 2.24) is 4.90 Å². The molecule has 1 saturated heterocycles. The number of hydrogen-bond acceptors (Lipinski definition) is 6. The molecule has 33 heavy (non-hydrogen) atoms. The molecule has 0 spiro atoms. The van der Waals surface area contributed by atoms with E-state index in [0.29, 0.717) is 22.6 Å². The lowest BCUT2D eigenvalue weighted by atomic mass is 10.0. The average Bonchev–Trinajstić information content (AvgIpc) is 2.87. The number of esters is 1. The van der Waals surface area contributed by atoms with E-state index in [4.69, 9.17) is 9.47 Å². The predicted octanol–water partition coefficient (Wildman–Crippen LogP) is 4.03. The van der Waals surface area contributed by atoms with E-state index in [0.717, 1.165) is 49.2 Å². The first-order chi connectivity index (χ1) is 16.0. The SMILES string of the molecule is CCN1CCN(c2ccc(C(=O)OC)cc2NC(=O)c2cc3ccccc3cc2OC)CC1.